The molecule has 1 aliphatic heterocycles. The lowest BCUT2D eigenvalue weighted by molar-refractivity contribution is -0.141. The number of hydrogen-bond acceptors (Lipinski definition) is 3. The molecule has 152 valence electrons. The molecule has 0 saturated carbocycles. The van der Waals surface area contributed by atoms with Gasteiger partial charge in [-0.3, -0.25) is 9.78 Å². The van der Waals surface area contributed by atoms with Crippen molar-refractivity contribution in [3.63, 3.8) is 0 Å². The van der Waals surface area contributed by atoms with Crippen molar-refractivity contribution in [2.24, 2.45) is 0 Å². The smallest absolute Gasteiger partial charge is 0.326 e. The molecule has 1 aliphatic rings. The first-order chi connectivity index (χ1) is 14.5. The largest absolute Gasteiger partial charge is 0.480 e. The fraction of sp³-hybridized carbons (Fsp3) is 0.174. The van der Waals surface area contributed by atoms with Gasteiger partial charge in [0.15, 0.2) is 0 Å². The summed E-state index contributed by atoms with van der Waals surface area (Å²) < 4.78 is 14.0. The quantitative estimate of drug-likeness (QED) is 0.641. The number of likely N-dealkylation sites (tertiary alicyclic amines) is 1. The van der Waals surface area contributed by atoms with E-state index in [0.29, 0.717) is 34.7 Å². The van der Waals surface area contributed by atoms with Crippen LogP contribution in [0.25, 0.3) is 11.3 Å². The lowest BCUT2D eigenvalue weighted by Gasteiger charge is -2.29. The number of carboxylic acid groups (broad SMARTS) is 1. The first-order valence-electron chi connectivity index (χ1n) is 9.48. The predicted octanol–water partition coefficient (Wildman–Crippen LogP) is 4.97. The molecule has 0 radical (unpaired) electrons. The van der Waals surface area contributed by atoms with E-state index in [1.807, 2.05) is 6.07 Å². The minimum absolute atomic E-state index is 0.236. The molecule has 0 aliphatic carbocycles. The Balaban J connectivity index is 1.68. The first kappa shape index (κ1) is 20.0. The van der Waals surface area contributed by atoms with Gasteiger partial charge in [0.1, 0.15) is 11.9 Å². The summed E-state index contributed by atoms with van der Waals surface area (Å²) in [6, 6.07) is 15.0. The molecule has 0 bridgehead atoms. The van der Waals surface area contributed by atoms with E-state index in [9.17, 15) is 19.1 Å². The second-order valence-electron chi connectivity index (χ2n) is 7.09. The maximum absolute atomic E-state index is 14.0. The van der Waals surface area contributed by atoms with Crippen molar-refractivity contribution >= 4 is 23.5 Å². The van der Waals surface area contributed by atoms with Crippen molar-refractivity contribution < 1.29 is 19.1 Å². The van der Waals surface area contributed by atoms with Gasteiger partial charge < -0.3 is 10.0 Å². The number of carbonyl (C=O) groups is 2. The molecule has 0 spiro atoms. The van der Waals surface area contributed by atoms with Crippen LogP contribution in [0.2, 0.25) is 5.02 Å². The number of aliphatic carboxylic acids is 1. The number of hydrogen-bond donors (Lipinski definition) is 1. The maximum atomic E-state index is 14.0. The Bertz CT molecular complexity index is 1100. The van der Waals surface area contributed by atoms with Crippen molar-refractivity contribution in [1.82, 2.24) is 9.88 Å². The van der Waals surface area contributed by atoms with Gasteiger partial charge >= 0.3 is 5.97 Å². The number of carbonyl (C=O) groups excluding carboxylic acids is 1. The van der Waals surface area contributed by atoms with Crippen molar-refractivity contribution in [2.45, 2.75) is 24.9 Å². The van der Waals surface area contributed by atoms with Crippen molar-refractivity contribution in [1.29, 1.82) is 0 Å². The summed E-state index contributed by atoms with van der Waals surface area (Å²) in [4.78, 5) is 30.7. The molecule has 30 heavy (non-hydrogen) atoms. The number of halogens is 2. The van der Waals surface area contributed by atoms with Gasteiger partial charge in [-0.1, -0.05) is 41.9 Å². The highest BCUT2D eigenvalue weighted by Gasteiger charge is 2.42. The fourth-order valence-electron chi connectivity index (χ4n) is 3.89. The average molecular weight is 425 g/mol. The van der Waals surface area contributed by atoms with Crippen LogP contribution in [0.3, 0.4) is 0 Å². The predicted molar refractivity (Wildman–Crippen MR) is 111 cm³/mol. The second-order valence-corrected chi connectivity index (χ2v) is 7.50. The van der Waals surface area contributed by atoms with Crippen LogP contribution in [0.5, 0.6) is 0 Å². The van der Waals surface area contributed by atoms with E-state index < -0.39 is 29.8 Å². The third-order valence-corrected chi connectivity index (χ3v) is 5.67. The molecule has 0 unspecified atom stereocenters. The molecule has 3 aromatic rings. The van der Waals surface area contributed by atoms with Crippen LogP contribution in [-0.2, 0) is 4.79 Å². The van der Waals surface area contributed by atoms with E-state index in [-0.39, 0.29) is 5.56 Å². The molecular formula is C23H18ClFN2O3. The minimum atomic E-state index is -1.06. The first-order valence-corrected chi connectivity index (χ1v) is 9.86. The van der Waals surface area contributed by atoms with E-state index in [0.717, 1.165) is 0 Å². The van der Waals surface area contributed by atoms with E-state index in [2.05, 4.69) is 4.98 Å². The number of carboxylic acids is 1. The summed E-state index contributed by atoms with van der Waals surface area (Å²) in [5.41, 5.74) is 1.67. The van der Waals surface area contributed by atoms with Gasteiger partial charge in [0.2, 0.25) is 0 Å². The third kappa shape index (κ3) is 3.66. The molecule has 1 N–H and O–H groups in total. The Morgan fingerprint density at radius 1 is 1.03 bits per heavy atom. The Labute approximate surface area is 177 Å². The molecule has 5 nitrogen and oxygen atoms in total. The van der Waals surface area contributed by atoms with E-state index >= 15 is 0 Å². The topological polar surface area (TPSA) is 70.5 Å². The van der Waals surface area contributed by atoms with Crippen LogP contribution < -0.4 is 0 Å². The Hall–Kier alpha value is -3.25. The second kappa shape index (κ2) is 8.24. The zero-order valence-electron chi connectivity index (χ0n) is 15.8. The Kier molecular flexibility index (Phi) is 5.50. The van der Waals surface area contributed by atoms with Crippen molar-refractivity contribution in [3.8, 4) is 11.3 Å². The highest BCUT2D eigenvalue weighted by Crippen LogP contribution is 2.40. The summed E-state index contributed by atoms with van der Waals surface area (Å²) in [6.07, 6.45) is 2.18. The molecule has 4 rings (SSSR count). The number of aromatic nitrogens is 1. The maximum Gasteiger partial charge on any atom is 0.326 e. The molecule has 1 saturated heterocycles. The molecule has 1 aromatic heterocycles. The summed E-state index contributed by atoms with van der Waals surface area (Å²) in [5, 5.41) is 10.1. The van der Waals surface area contributed by atoms with Gasteiger partial charge in [-0.2, -0.15) is 0 Å². The van der Waals surface area contributed by atoms with Crippen LogP contribution in [0.4, 0.5) is 4.39 Å². The summed E-state index contributed by atoms with van der Waals surface area (Å²) in [7, 11) is 0. The highest BCUT2D eigenvalue weighted by atomic mass is 35.5. The molecule has 2 atom stereocenters. The van der Waals surface area contributed by atoms with Crippen LogP contribution in [0, 0.1) is 5.82 Å². The lowest BCUT2D eigenvalue weighted by Crippen LogP contribution is -2.42. The lowest BCUT2D eigenvalue weighted by atomic mass is 10.0. The molecule has 2 heterocycles. The molecule has 7 heteroatoms. The number of benzene rings is 2. The summed E-state index contributed by atoms with van der Waals surface area (Å²) in [6.45, 7) is 0. The minimum Gasteiger partial charge on any atom is -0.480 e. The number of rotatable bonds is 4. The number of amides is 1. The molecule has 1 fully saturated rings. The number of nitrogens with zero attached hydrogens (tertiary/aromatic N) is 2. The van der Waals surface area contributed by atoms with Crippen LogP contribution >= 0.6 is 11.6 Å². The van der Waals surface area contributed by atoms with Crippen molar-refractivity contribution in [3.05, 3.63) is 88.8 Å². The Morgan fingerprint density at radius 2 is 1.77 bits per heavy atom. The van der Waals surface area contributed by atoms with E-state index in [4.69, 9.17) is 11.6 Å². The van der Waals surface area contributed by atoms with E-state index in [1.165, 1.54) is 23.2 Å². The normalized spacial score (nSPS) is 18.4. The van der Waals surface area contributed by atoms with Crippen LogP contribution in [0.15, 0.2) is 66.9 Å². The number of pyridine rings is 1. The van der Waals surface area contributed by atoms with E-state index in [1.54, 1.807) is 42.5 Å². The highest BCUT2D eigenvalue weighted by molar-refractivity contribution is 6.31. The van der Waals surface area contributed by atoms with Crippen molar-refractivity contribution in [2.75, 3.05) is 0 Å². The molecule has 2 aromatic carbocycles. The zero-order valence-corrected chi connectivity index (χ0v) is 16.6. The van der Waals surface area contributed by atoms with Gasteiger partial charge in [-0.05, 0) is 48.7 Å². The third-order valence-electron chi connectivity index (χ3n) is 5.33. The van der Waals surface area contributed by atoms with Gasteiger partial charge in [0.05, 0.1) is 17.3 Å². The zero-order chi connectivity index (χ0) is 21.3. The standard InChI is InChI=1S/C23H18ClFN2O3/c24-17-7-3-1-5-15(17)20-11-12-21(23(29)30)27(20)22(28)14-9-10-19(26-13-14)16-6-2-4-8-18(16)25/h1-10,13,20-21H,11-12H2,(H,29,30)/t20-,21+/m1/s1. The van der Waals surface area contributed by atoms with Gasteiger partial charge in [0.25, 0.3) is 5.91 Å². The fourth-order valence-corrected chi connectivity index (χ4v) is 4.15. The summed E-state index contributed by atoms with van der Waals surface area (Å²) >= 11 is 6.32. The SMILES string of the molecule is O=C(O)[C@@H]1CC[C@H](c2ccccc2Cl)N1C(=O)c1ccc(-c2ccccc2F)nc1. The monoisotopic (exact) mass is 424 g/mol. The Morgan fingerprint density at radius 3 is 2.43 bits per heavy atom. The average Bonchev–Trinajstić information content (AvgIpc) is 3.19. The van der Waals surface area contributed by atoms with Gasteiger partial charge in [-0.25, -0.2) is 9.18 Å². The van der Waals surface area contributed by atoms with Gasteiger partial charge in [-0.15, -0.1) is 0 Å². The van der Waals surface area contributed by atoms with Crippen LogP contribution in [-0.4, -0.2) is 32.9 Å². The molecular weight excluding hydrogens is 407 g/mol. The summed E-state index contributed by atoms with van der Waals surface area (Å²) in [5.74, 6) is -1.92. The molecule has 1 amide bonds. The van der Waals surface area contributed by atoms with Crippen LogP contribution in [0.1, 0.15) is 34.8 Å². The van der Waals surface area contributed by atoms with Gasteiger partial charge in [0, 0.05) is 16.8 Å².